The van der Waals surface area contributed by atoms with Crippen LogP contribution in [0.1, 0.15) is 34.5 Å². The molecule has 0 atom stereocenters. The maximum absolute atomic E-state index is 9.08. The predicted octanol–water partition coefficient (Wildman–Crippen LogP) is 4.51. The summed E-state index contributed by atoms with van der Waals surface area (Å²) >= 11 is 7.31. The van der Waals surface area contributed by atoms with Crippen molar-refractivity contribution in [2.45, 2.75) is 33.3 Å². The van der Waals surface area contributed by atoms with Gasteiger partial charge in [-0.05, 0) is 37.1 Å². The van der Waals surface area contributed by atoms with Crippen molar-refractivity contribution in [2.24, 2.45) is 0 Å². The number of nitrogens with zero attached hydrogens (tertiary/aromatic N) is 2. The van der Waals surface area contributed by atoms with E-state index >= 15 is 0 Å². The van der Waals surface area contributed by atoms with Crippen LogP contribution < -0.4 is 4.74 Å². The summed E-state index contributed by atoms with van der Waals surface area (Å²) < 4.78 is 5.75. The fourth-order valence-electron chi connectivity index (χ4n) is 1.87. The van der Waals surface area contributed by atoms with Gasteiger partial charge in [0, 0.05) is 5.02 Å². The van der Waals surface area contributed by atoms with E-state index in [2.05, 4.69) is 18.0 Å². The van der Waals surface area contributed by atoms with Gasteiger partial charge in [0.05, 0.1) is 5.69 Å². The molecule has 5 heteroatoms. The third-order valence-corrected chi connectivity index (χ3v) is 4.03. The molecule has 1 heterocycles. The number of rotatable bonds is 5. The number of ether oxygens (including phenoxy) is 1. The highest BCUT2D eigenvalue weighted by Crippen LogP contribution is 2.24. The normalized spacial score (nSPS) is 10.3. The van der Waals surface area contributed by atoms with Crippen molar-refractivity contribution >= 4 is 22.9 Å². The van der Waals surface area contributed by atoms with Gasteiger partial charge in [-0.3, -0.25) is 0 Å². The van der Waals surface area contributed by atoms with E-state index in [1.54, 1.807) is 6.07 Å². The van der Waals surface area contributed by atoms with Crippen LogP contribution in [0.15, 0.2) is 18.2 Å². The molecule has 1 aromatic heterocycles. The van der Waals surface area contributed by atoms with Gasteiger partial charge in [0.15, 0.2) is 0 Å². The minimum Gasteiger partial charge on any atom is -0.486 e. The number of benzene rings is 1. The number of aryl methyl sites for hydroxylation is 2. The third kappa shape index (κ3) is 3.50. The molecule has 0 unspecified atom stereocenters. The molecule has 0 radical (unpaired) electrons. The van der Waals surface area contributed by atoms with Crippen molar-refractivity contribution in [1.29, 1.82) is 5.26 Å². The summed E-state index contributed by atoms with van der Waals surface area (Å²) in [4.78, 5) is 5.17. The lowest BCUT2D eigenvalue weighted by Crippen LogP contribution is -1.97. The molecular weight excluding hydrogens is 292 g/mol. The molecule has 0 saturated carbocycles. The maximum Gasteiger partial charge on any atom is 0.140 e. The summed E-state index contributed by atoms with van der Waals surface area (Å²) in [6.07, 6.45) is 1.81. The lowest BCUT2D eigenvalue weighted by atomic mass is 10.2. The molecule has 0 aliphatic rings. The van der Waals surface area contributed by atoms with Crippen molar-refractivity contribution in [1.82, 2.24) is 4.98 Å². The van der Waals surface area contributed by atoms with Crippen molar-refractivity contribution < 1.29 is 4.74 Å². The van der Waals surface area contributed by atoms with Gasteiger partial charge < -0.3 is 4.74 Å². The molecule has 104 valence electrons. The Morgan fingerprint density at radius 2 is 2.25 bits per heavy atom. The smallest absolute Gasteiger partial charge is 0.140 e. The molecule has 0 aliphatic heterocycles. The first-order valence-corrected chi connectivity index (χ1v) is 7.61. The molecule has 2 aromatic rings. The Morgan fingerprint density at radius 3 is 2.90 bits per heavy atom. The van der Waals surface area contributed by atoms with Gasteiger partial charge in [-0.2, -0.15) is 5.26 Å². The third-order valence-electron chi connectivity index (χ3n) is 2.82. The summed E-state index contributed by atoms with van der Waals surface area (Å²) in [5, 5.41) is 10.6. The summed E-state index contributed by atoms with van der Waals surface area (Å²) in [6, 6.07) is 7.72. The Labute approximate surface area is 127 Å². The Bertz CT molecular complexity index is 646. The van der Waals surface area contributed by atoms with Gasteiger partial charge in [0.1, 0.15) is 28.3 Å². The van der Waals surface area contributed by atoms with E-state index < -0.39 is 0 Å². The Balaban J connectivity index is 2.09. The molecule has 3 nitrogen and oxygen atoms in total. The Morgan fingerprint density at radius 1 is 1.45 bits per heavy atom. The minimum absolute atomic E-state index is 0.380. The zero-order valence-corrected chi connectivity index (χ0v) is 13.0. The zero-order valence-electron chi connectivity index (χ0n) is 11.4. The van der Waals surface area contributed by atoms with E-state index in [-0.39, 0.29) is 0 Å². The maximum atomic E-state index is 9.08. The van der Waals surface area contributed by atoms with Crippen molar-refractivity contribution in [2.75, 3.05) is 0 Å². The average Bonchev–Trinajstić information content (AvgIpc) is 2.80. The number of hydrogen-bond acceptors (Lipinski definition) is 4. The highest BCUT2D eigenvalue weighted by atomic mass is 35.5. The van der Waals surface area contributed by atoms with E-state index in [1.165, 1.54) is 11.3 Å². The quantitative estimate of drug-likeness (QED) is 0.816. The van der Waals surface area contributed by atoms with Crippen LogP contribution in [0.2, 0.25) is 5.02 Å². The molecule has 20 heavy (non-hydrogen) atoms. The van der Waals surface area contributed by atoms with Crippen LogP contribution in [-0.2, 0) is 13.0 Å². The summed E-state index contributed by atoms with van der Waals surface area (Å²) in [5.41, 5.74) is 1.87. The van der Waals surface area contributed by atoms with Gasteiger partial charge in [-0.15, -0.1) is 11.3 Å². The molecular formula is C15H15ClN2OS. The number of thiazole rings is 1. The molecule has 0 aliphatic carbocycles. The highest BCUT2D eigenvalue weighted by molar-refractivity contribution is 7.12. The first kappa shape index (κ1) is 14.8. The minimum atomic E-state index is 0.380. The van der Waals surface area contributed by atoms with Crippen LogP contribution in [-0.4, -0.2) is 4.98 Å². The SMILES string of the molecule is CCCc1nc(COc2ccc(Cl)cc2C)sc1C#N. The van der Waals surface area contributed by atoms with Gasteiger partial charge >= 0.3 is 0 Å². The summed E-state index contributed by atoms with van der Waals surface area (Å²) in [7, 11) is 0. The average molecular weight is 307 g/mol. The summed E-state index contributed by atoms with van der Waals surface area (Å²) in [6.45, 7) is 4.41. The van der Waals surface area contributed by atoms with Crippen molar-refractivity contribution in [3.8, 4) is 11.8 Å². The van der Waals surface area contributed by atoms with Crippen LogP contribution in [0.25, 0.3) is 0 Å². The van der Waals surface area contributed by atoms with Crippen molar-refractivity contribution in [3.63, 3.8) is 0 Å². The molecule has 0 bridgehead atoms. The second kappa shape index (κ2) is 6.74. The van der Waals surface area contributed by atoms with Gasteiger partial charge in [0.25, 0.3) is 0 Å². The number of nitriles is 1. The van der Waals surface area contributed by atoms with Crippen LogP contribution >= 0.6 is 22.9 Å². The first-order chi connectivity index (χ1) is 9.63. The predicted molar refractivity (Wildman–Crippen MR) is 81.3 cm³/mol. The lowest BCUT2D eigenvalue weighted by Gasteiger charge is -2.07. The van der Waals surface area contributed by atoms with Gasteiger partial charge in [0.2, 0.25) is 0 Å². The van der Waals surface area contributed by atoms with E-state index in [0.717, 1.165) is 34.9 Å². The molecule has 0 N–H and O–H groups in total. The molecule has 0 fully saturated rings. The van der Waals surface area contributed by atoms with Crippen LogP contribution in [0.5, 0.6) is 5.75 Å². The van der Waals surface area contributed by atoms with Crippen LogP contribution in [0.4, 0.5) is 0 Å². The molecule has 0 amide bonds. The largest absolute Gasteiger partial charge is 0.486 e. The Hall–Kier alpha value is -1.57. The lowest BCUT2D eigenvalue weighted by molar-refractivity contribution is 0.303. The topological polar surface area (TPSA) is 45.9 Å². The molecule has 0 spiro atoms. The fraction of sp³-hybridized carbons (Fsp3) is 0.333. The Kier molecular flexibility index (Phi) is 4.99. The highest BCUT2D eigenvalue weighted by Gasteiger charge is 2.11. The number of aromatic nitrogens is 1. The summed E-state index contributed by atoms with van der Waals surface area (Å²) in [5.74, 6) is 0.792. The van der Waals surface area contributed by atoms with Gasteiger partial charge in [-0.25, -0.2) is 4.98 Å². The van der Waals surface area contributed by atoms with Crippen LogP contribution in [0.3, 0.4) is 0 Å². The van der Waals surface area contributed by atoms with E-state index in [4.69, 9.17) is 21.6 Å². The van der Waals surface area contributed by atoms with Crippen LogP contribution in [0, 0.1) is 18.3 Å². The van der Waals surface area contributed by atoms with Gasteiger partial charge in [-0.1, -0.05) is 24.9 Å². The number of hydrogen-bond donors (Lipinski definition) is 0. The number of halogens is 1. The van der Waals surface area contributed by atoms with E-state index in [9.17, 15) is 0 Å². The first-order valence-electron chi connectivity index (χ1n) is 6.41. The standard InChI is InChI=1S/C15H15ClN2OS/c1-3-4-12-14(8-17)20-15(18-12)9-19-13-6-5-11(16)7-10(13)2/h5-7H,3-4,9H2,1-2H3. The molecule has 2 rings (SSSR count). The van der Waals surface area contributed by atoms with Crippen molar-refractivity contribution in [3.05, 3.63) is 44.4 Å². The second-order valence-electron chi connectivity index (χ2n) is 4.44. The molecule has 0 saturated heterocycles. The van der Waals surface area contributed by atoms with E-state index in [0.29, 0.717) is 16.5 Å². The second-order valence-corrected chi connectivity index (χ2v) is 5.96. The fourth-order valence-corrected chi connectivity index (χ4v) is 2.92. The zero-order chi connectivity index (χ0) is 14.5. The van der Waals surface area contributed by atoms with E-state index in [1.807, 2.05) is 19.1 Å². The monoisotopic (exact) mass is 306 g/mol. The molecule has 1 aromatic carbocycles.